The minimum absolute atomic E-state index is 0.0411. The number of rotatable bonds is 6. The fraction of sp³-hybridized carbons (Fsp3) is 0.462. The zero-order valence-electron chi connectivity index (χ0n) is 11.4. The van der Waals surface area contributed by atoms with Gasteiger partial charge in [0.15, 0.2) is 0 Å². The first kappa shape index (κ1) is 16.1. The summed E-state index contributed by atoms with van der Waals surface area (Å²) in [6, 6.07) is 4.74. The maximum absolute atomic E-state index is 12.2. The summed E-state index contributed by atoms with van der Waals surface area (Å²) in [5, 5.41) is 0. The molecule has 0 saturated carbocycles. The molecule has 6 heteroatoms. The first-order chi connectivity index (χ1) is 8.81. The highest BCUT2D eigenvalue weighted by Gasteiger charge is 2.18. The molecule has 1 rings (SSSR count). The lowest BCUT2D eigenvalue weighted by Crippen LogP contribution is -2.33. The molecule has 0 fully saturated rings. The Bertz CT molecular complexity index is 564. The van der Waals surface area contributed by atoms with Crippen LogP contribution in [0.3, 0.4) is 0 Å². The normalized spacial score (nSPS) is 11.8. The third-order valence-electron chi connectivity index (χ3n) is 3.08. The molecule has 0 unspecified atom stereocenters. The summed E-state index contributed by atoms with van der Waals surface area (Å²) in [5.41, 5.74) is 7.03. The van der Waals surface area contributed by atoms with Gasteiger partial charge in [-0.2, -0.15) is 0 Å². The highest BCUT2D eigenvalue weighted by Crippen LogP contribution is 2.16. The highest BCUT2D eigenvalue weighted by molar-refractivity contribution is 7.89. The van der Waals surface area contributed by atoms with E-state index in [9.17, 15) is 8.42 Å². The molecule has 0 aliphatic heterocycles. The molecule has 3 N–H and O–H groups in total. The molecule has 0 aliphatic carbocycles. The molecular formula is C13H20N2O2S2. The van der Waals surface area contributed by atoms with Crippen molar-refractivity contribution in [2.75, 3.05) is 0 Å². The fourth-order valence-electron chi connectivity index (χ4n) is 1.82. The number of sulfonamides is 1. The number of nitrogens with two attached hydrogens (primary N) is 1. The van der Waals surface area contributed by atoms with Gasteiger partial charge in [0.2, 0.25) is 10.0 Å². The van der Waals surface area contributed by atoms with Gasteiger partial charge in [-0.15, -0.1) is 0 Å². The number of aryl methyl sites for hydroxylation is 1. The molecule has 0 bridgehead atoms. The maximum atomic E-state index is 12.2. The van der Waals surface area contributed by atoms with E-state index in [1.54, 1.807) is 19.1 Å². The van der Waals surface area contributed by atoms with Crippen molar-refractivity contribution in [1.82, 2.24) is 4.72 Å². The van der Waals surface area contributed by atoms with Crippen LogP contribution in [0.2, 0.25) is 0 Å². The molecule has 0 amide bonds. The lowest BCUT2D eigenvalue weighted by atomic mass is 10.1. The van der Waals surface area contributed by atoms with Crippen LogP contribution in [-0.4, -0.2) is 19.4 Å². The van der Waals surface area contributed by atoms with Crippen LogP contribution >= 0.6 is 12.2 Å². The molecule has 0 aliphatic rings. The second-order valence-electron chi connectivity index (χ2n) is 4.48. The molecule has 0 saturated heterocycles. The monoisotopic (exact) mass is 300 g/mol. The molecule has 0 heterocycles. The molecule has 106 valence electrons. The quantitative estimate of drug-likeness (QED) is 0.789. The Morgan fingerprint density at radius 1 is 1.37 bits per heavy atom. The van der Waals surface area contributed by atoms with Gasteiger partial charge in [-0.1, -0.05) is 32.1 Å². The summed E-state index contributed by atoms with van der Waals surface area (Å²) in [6.45, 7) is 5.71. The highest BCUT2D eigenvalue weighted by atomic mass is 32.2. The van der Waals surface area contributed by atoms with Crippen LogP contribution in [0.25, 0.3) is 0 Å². The third-order valence-corrected chi connectivity index (χ3v) is 4.82. The SMILES string of the molecule is CCC(CC)NS(=O)(=O)c1ccc(C(N)=S)c(C)c1. The van der Waals surface area contributed by atoms with E-state index >= 15 is 0 Å². The van der Waals surface area contributed by atoms with E-state index < -0.39 is 10.0 Å². The van der Waals surface area contributed by atoms with E-state index in [1.165, 1.54) is 6.07 Å². The summed E-state index contributed by atoms with van der Waals surface area (Å²) in [7, 11) is -3.48. The van der Waals surface area contributed by atoms with Crippen LogP contribution in [0.15, 0.2) is 23.1 Å². The van der Waals surface area contributed by atoms with Crippen LogP contribution in [0.5, 0.6) is 0 Å². The third kappa shape index (κ3) is 3.99. The summed E-state index contributed by atoms with van der Waals surface area (Å²) < 4.78 is 27.1. The largest absolute Gasteiger partial charge is 0.389 e. The minimum Gasteiger partial charge on any atom is -0.389 e. The average molecular weight is 300 g/mol. The van der Waals surface area contributed by atoms with Crippen molar-refractivity contribution in [1.29, 1.82) is 0 Å². The van der Waals surface area contributed by atoms with Crippen molar-refractivity contribution in [3.63, 3.8) is 0 Å². The van der Waals surface area contributed by atoms with Crippen molar-refractivity contribution in [3.8, 4) is 0 Å². The van der Waals surface area contributed by atoms with Crippen LogP contribution in [0.1, 0.15) is 37.8 Å². The molecule has 0 atom stereocenters. The van der Waals surface area contributed by atoms with E-state index in [0.29, 0.717) is 5.56 Å². The fourth-order valence-corrected chi connectivity index (χ4v) is 3.54. The minimum atomic E-state index is -3.48. The first-order valence-corrected chi connectivity index (χ1v) is 8.13. The predicted octanol–water partition coefficient (Wildman–Crippen LogP) is 2.10. The molecular weight excluding hydrogens is 280 g/mol. The van der Waals surface area contributed by atoms with Gasteiger partial charge in [0.05, 0.1) is 4.90 Å². The number of hydrogen-bond donors (Lipinski definition) is 2. The van der Waals surface area contributed by atoms with Gasteiger partial charge >= 0.3 is 0 Å². The molecule has 1 aromatic carbocycles. The van der Waals surface area contributed by atoms with Crippen LogP contribution < -0.4 is 10.5 Å². The Labute approximate surface area is 120 Å². The van der Waals surface area contributed by atoms with Gasteiger partial charge in [-0.3, -0.25) is 0 Å². The number of thiocarbonyl (C=S) groups is 1. The molecule has 0 radical (unpaired) electrons. The van der Waals surface area contributed by atoms with E-state index in [1.807, 2.05) is 13.8 Å². The summed E-state index contributed by atoms with van der Waals surface area (Å²) in [4.78, 5) is 0.520. The summed E-state index contributed by atoms with van der Waals surface area (Å²) in [5.74, 6) is 0. The lowest BCUT2D eigenvalue weighted by molar-refractivity contribution is 0.530. The van der Waals surface area contributed by atoms with Gasteiger partial charge in [-0.25, -0.2) is 13.1 Å². The van der Waals surface area contributed by atoms with Crippen LogP contribution in [-0.2, 0) is 10.0 Å². The van der Waals surface area contributed by atoms with Crippen LogP contribution in [0, 0.1) is 6.92 Å². The number of benzene rings is 1. The zero-order chi connectivity index (χ0) is 14.6. The Kier molecular flexibility index (Phi) is 5.46. The summed E-state index contributed by atoms with van der Waals surface area (Å²) in [6.07, 6.45) is 1.53. The standard InChI is InChI=1S/C13H20N2O2S2/c1-4-10(5-2)15-19(16,17)11-6-7-12(13(14)18)9(3)8-11/h6-8,10,15H,4-5H2,1-3H3,(H2,14,18). The predicted molar refractivity (Wildman–Crippen MR) is 81.8 cm³/mol. The Morgan fingerprint density at radius 3 is 2.37 bits per heavy atom. The van der Waals surface area contributed by atoms with Gasteiger partial charge in [0.25, 0.3) is 0 Å². The average Bonchev–Trinajstić information content (AvgIpc) is 2.35. The Morgan fingerprint density at radius 2 is 1.95 bits per heavy atom. The Hall–Kier alpha value is -0.980. The van der Waals surface area contributed by atoms with Crippen molar-refractivity contribution in [3.05, 3.63) is 29.3 Å². The van der Waals surface area contributed by atoms with Gasteiger partial charge in [0.1, 0.15) is 4.99 Å². The van der Waals surface area contributed by atoms with Crippen molar-refractivity contribution in [2.45, 2.75) is 44.6 Å². The van der Waals surface area contributed by atoms with E-state index in [4.69, 9.17) is 18.0 Å². The number of hydrogen-bond acceptors (Lipinski definition) is 3. The molecule has 19 heavy (non-hydrogen) atoms. The molecule has 1 aromatic rings. The van der Waals surface area contributed by atoms with Crippen molar-refractivity contribution < 1.29 is 8.42 Å². The smallest absolute Gasteiger partial charge is 0.240 e. The van der Waals surface area contributed by atoms with E-state index in [2.05, 4.69) is 4.72 Å². The molecule has 0 aromatic heterocycles. The molecule has 4 nitrogen and oxygen atoms in total. The van der Waals surface area contributed by atoms with Crippen LogP contribution in [0.4, 0.5) is 0 Å². The van der Waals surface area contributed by atoms with E-state index in [-0.39, 0.29) is 15.9 Å². The van der Waals surface area contributed by atoms with Gasteiger partial charge in [0, 0.05) is 11.6 Å². The second kappa shape index (κ2) is 6.45. The second-order valence-corrected chi connectivity index (χ2v) is 6.63. The van der Waals surface area contributed by atoms with Gasteiger partial charge in [-0.05, 0) is 37.5 Å². The summed E-state index contributed by atoms with van der Waals surface area (Å²) >= 11 is 4.91. The topological polar surface area (TPSA) is 72.2 Å². The first-order valence-electron chi connectivity index (χ1n) is 6.24. The van der Waals surface area contributed by atoms with Gasteiger partial charge < -0.3 is 5.73 Å². The van der Waals surface area contributed by atoms with Crippen molar-refractivity contribution >= 4 is 27.2 Å². The lowest BCUT2D eigenvalue weighted by Gasteiger charge is -2.15. The Balaban J connectivity index is 3.09. The molecule has 0 spiro atoms. The maximum Gasteiger partial charge on any atom is 0.240 e. The van der Waals surface area contributed by atoms with Crippen molar-refractivity contribution in [2.24, 2.45) is 5.73 Å². The zero-order valence-corrected chi connectivity index (χ0v) is 13.1. The number of nitrogens with one attached hydrogen (secondary N) is 1. The van der Waals surface area contributed by atoms with E-state index in [0.717, 1.165) is 18.4 Å².